The van der Waals surface area contributed by atoms with Crippen molar-refractivity contribution in [3.8, 4) is 0 Å². The Morgan fingerprint density at radius 1 is 1.41 bits per heavy atom. The van der Waals surface area contributed by atoms with Crippen LogP contribution in [0.15, 0.2) is 6.07 Å². The number of anilines is 1. The van der Waals surface area contributed by atoms with Crippen molar-refractivity contribution in [2.45, 2.75) is 26.1 Å². The second-order valence-corrected chi connectivity index (χ2v) is 3.37. The third kappa shape index (κ3) is 5.45. The van der Waals surface area contributed by atoms with Gasteiger partial charge in [-0.2, -0.15) is 13.2 Å². The smallest absolute Gasteiger partial charge is 0.373 e. The average Bonchev–Trinajstić information content (AvgIpc) is 2.22. The molecule has 0 bridgehead atoms. The lowest BCUT2D eigenvalue weighted by Gasteiger charge is -2.08. The minimum Gasteiger partial charge on any atom is -0.373 e. The predicted molar refractivity (Wildman–Crippen MR) is 54.9 cm³/mol. The summed E-state index contributed by atoms with van der Waals surface area (Å²) in [4.78, 5) is 7.94. The lowest BCUT2D eigenvalue weighted by atomic mass is 10.4. The van der Waals surface area contributed by atoms with E-state index in [9.17, 15) is 13.2 Å². The maximum Gasteiger partial charge on any atom is 0.391 e. The number of halogens is 3. The fraction of sp³-hybridized carbons (Fsp3) is 0.556. The summed E-state index contributed by atoms with van der Waals surface area (Å²) in [5.41, 5.74) is 2.99. The summed E-state index contributed by atoms with van der Waals surface area (Å²) in [7, 11) is 0. The Balaban J connectivity index is 2.44. The Morgan fingerprint density at radius 3 is 2.71 bits per heavy atom. The van der Waals surface area contributed by atoms with Crippen LogP contribution in [0.4, 0.5) is 19.0 Å². The SMILES string of the molecule is Cc1cc(NN)nc(COCCC(F)(F)F)n1. The van der Waals surface area contributed by atoms with Crippen LogP contribution < -0.4 is 11.3 Å². The summed E-state index contributed by atoms with van der Waals surface area (Å²) in [5.74, 6) is 5.86. The van der Waals surface area contributed by atoms with Gasteiger partial charge < -0.3 is 10.2 Å². The molecule has 0 saturated heterocycles. The lowest BCUT2D eigenvalue weighted by Crippen LogP contribution is -2.13. The summed E-state index contributed by atoms with van der Waals surface area (Å²) in [6, 6.07) is 1.61. The van der Waals surface area contributed by atoms with Crippen molar-refractivity contribution >= 4 is 5.82 Å². The second-order valence-electron chi connectivity index (χ2n) is 3.37. The van der Waals surface area contributed by atoms with Crippen molar-refractivity contribution in [3.63, 3.8) is 0 Å². The molecule has 0 aromatic carbocycles. The minimum absolute atomic E-state index is 0.0769. The number of alkyl halides is 3. The minimum atomic E-state index is -4.21. The molecule has 0 aliphatic rings. The molecule has 0 atom stereocenters. The largest absolute Gasteiger partial charge is 0.391 e. The van der Waals surface area contributed by atoms with Gasteiger partial charge in [-0.3, -0.25) is 0 Å². The van der Waals surface area contributed by atoms with Crippen LogP contribution in [0.25, 0.3) is 0 Å². The number of hydrogen-bond acceptors (Lipinski definition) is 5. The molecule has 1 heterocycles. The fourth-order valence-electron chi connectivity index (χ4n) is 1.12. The molecule has 17 heavy (non-hydrogen) atoms. The van der Waals surface area contributed by atoms with Crippen molar-refractivity contribution in [2.24, 2.45) is 5.84 Å². The van der Waals surface area contributed by atoms with Crippen molar-refractivity contribution in [3.05, 3.63) is 17.6 Å². The summed E-state index contributed by atoms with van der Waals surface area (Å²) in [6.45, 7) is 1.24. The van der Waals surface area contributed by atoms with E-state index in [1.54, 1.807) is 13.0 Å². The third-order valence-electron chi connectivity index (χ3n) is 1.81. The molecule has 0 saturated carbocycles. The standard InChI is InChI=1S/C9H13F3N4O/c1-6-4-7(16-13)15-8(14-6)5-17-3-2-9(10,11)12/h4H,2-3,5,13H2,1H3,(H,14,15,16). The first-order chi connectivity index (χ1) is 7.90. The normalized spacial score (nSPS) is 11.6. The molecule has 0 fully saturated rings. The number of hydrazine groups is 1. The monoisotopic (exact) mass is 250 g/mol. The highest BCUT2D eigenvalue weighted by atomic mass is 19.4. The van der Waals surface area contributed by atoms with Gasteiger partial charge in [-0.25, -0.2) is 15.8 Å². The number of hydrogen-bond donors (Lipinski definition) is 2. The predicted octanol–water partition coefficient (Wildman–Crippen LogP) is 1.54. The van der Waals surface area contributed by atoms with Crippen molar-refractivity contribution < 1.29 is 17.9 Å². The van der Waals surface area contributed by atoms with Crippen LogP contribution in [-0.4, -0.2) is 22.8 Å². The number of rotatable bonds is 5. The highest BCUT2D eigenvalue weighted by Crippen LogP contribution is 2.19. The van der Waals surface area contributed by atoms with Gasteiger partial charge in [0.1, 0.15) is 12.4 Å². The Hall–Kier alpha value is -1.41. The van der Waals surface area contributed by atoms with Gasteiger partial charge in [0.2, 0.25) is 0 Å². The quantitative estimate of drug-likeness (QED) is 0.471. The van der Waals surface area contributed by atoms with E-state index >= 15 is 0 Å². The maximum absolute atomic E-state index is 11.8. The molecule has 0 radical (unpaired) electrons. The van der Waals surface area contributed by atoms with Gasteiger partial charge in [0.25, 0.3) is 0 Å². The van der Waals surface area contributed by atoms with E-state index in [0.29, 0.717) is 17.3 Å². The fourth-order valence-corrected chi connectivity index (χ4v) is 1.12. The molecular formula is C9H13F3N4O. The highest BCUT2D eigenvalue weighted by molar-refractivity contribution is 5.33. The van der Waals surface area contributed by atoms with Gasteiger partial charge in [-0.15, -0.1) is 0 Å². The number of nitrogens with zero attached hydrogens (tertiary/aromatic N) is 2. The van der Waals surface area contributed by atoms with E-state index in [1.165, 1.54) is 0 Å². The van der Waals surface area contributed by atoms with Crippen molar-refractivity contribution in [1.82, 2.24) is 9.97 Å². The van der Waals surface area contributed by atoms with Crippen LogP contribution >= 0.6 is 0 Å². The Morgan fingerprint density at radius 2 is 2.12 bits per heavy atom. The van der Waals surface area contributed by atoms with Gasteiger partial charge in [-0.1, -0.05) is 0 Å². The number of aryl methyl sites for hydroxylation is 1. The topological polar surface area (TPSA) is 73.1 Å². The molecule has 0 aliphatic carbocycles. The van der Waals surface area contributed by atoms with Gasteiger partial charge in [0.15, 0.2) is 5.82 Å². The summed E-state index contributed by atoms with van der Waals surface area (Å²) in [6.07, 6.45) is -5.20. The summed E-state index contributed by atoms with van der Waals surface area (Å²) >= 11 is 0. The van der Waals surface area contributed by atoms with Crippen LogP contribution in [0.3, 0.4) is 0 Å². The molecule has 0 aliphatic heterocycles. The summed E-state index contributed by atoms with van der Waals surface area (Å²) in [5, 5.41) is 0. The number of nitrogen functional groups attached to an aromatic ring is 1. The Labute approximate surface area is 96.2 Å². The first kappa shape index (κ1) is 13.7. The van der Waals surface area contributed by atoms with Crippen LogP contribution in [0.1, 0.15) is 17.9 Å². The van der Waals surface area contributed by atoms with E-state index in [4.69, 9.17) is 10.6 Å². The number of nitrogens with two attached hydrogens (primary N) is 1. The molecular weight excluding hydrogens is 237 g/mol. The zero-order valence-electron chi connectivity index (χ0n) is 9.21. The van der Waals surface area contributed by atoms with Crippen molar-refractivity contribution in [1.29, 1.82) is 0 Å². The molecule has 0 spiro atoms. The molecule has 5 nitrogen and oxygen atoms in total. The zero-order chi connectivity index (χ0) is 12.9. The Kier molecular flexibility index (Phi) is 4.64. The number of ether oxygens (including phenoxy) is 1. The van der Waals surface area contributed by atoms with Gasteiger partial charge in [-0.05, 0) is 6.92 Å². The molecule has 1 rings (SSSR count). The molecule has 0 amide bonds. The molecule has 1 aromatic heterocycles. The Bertz CT molecular complexity index is 370. The average molecular weight is 250 g/mol. The second kappa shape index (κ2) is 5.78. The van der Waals surface area contributed by atoms with Crippen LogP contribution in [0, 0.1) is 6.92 Å². The van der Waals surface area contributed by atoms with E-state index in [0.717, 1.165) is 0 Å². The first-order valence-electron chi connectivity index (χ1n) is 4.86. The van der Waals surface area contributed by atoms with E-state index < -0.39 is 19.2 Å². The van der Waals surface area contributed by atoms with Crippen LogP contribution in [-0.2, 0) is 11.3 Å². The van der Waals surface area contributed by atoms with Gasteiger partial charge in [0, 0.05) is 11.8 Å². The first-order valence-corrected chi connectivity index (χ1v) is 4.86. The molecule has 0 unspecified atom stereocenters. The third-order valence-corrected chi connectivity index (χ3v) is 1.81. The highest BCUT2D eigenvalue weighted by Gasteiger charge is 2.26. The van der Waals surface area contributed by atoms with Gasteiger partial charge >= 0.3 is 6.18 Å². The lowest BCUT2D eigenvalue weighted by molar-refractivity contribution is -0.146. The van der Waals surface area contributed by atoms with Crippen LogP contribution in [0.5, 0.6) is 0 Å². The zero-order valence-corrected chi connectivity index (χ0v) is 9.21. The van der Waals surface area contributed by atoms with E-state index in [-0.39, 0.29) is 6.61 Å². The molecule has 8 heteroatoms. The van der Waals surface area contributed by atoms with Crippen LogP contribution in [0.2, 0.25) is 0 Å². The molecule has 96 valence electrons. The molecule has 3 N–H and O–H groups in total. The molecule has 1 aromatic rings. The summed E-state index contributed by atoms with van der Waals surface area (Å²) < 4.78 is 40.3. The van der Waals surface area contributed by atoms with Crippen molar-refractivity contribution in [2.75, 3.05) is 12.0 Å². The number of nitrogens with one attached hydrogen (secondary N) is 1. The van der Waals surface area contributed by atoms with E-state index in [1.807, 2.05) is 0 Å². The maximum atomic E-state index is 11.8. The number of aromatic nitrogens is 2. The van der Waals surface area contributed by atoms with E-state index in [2.05, 4.69) is 15.4 Å². The van der Waals surface area contributed by atoms with Gasteiger partial charge in [0.05, 0.1) is 13.0 Å².